The smallest absolute Gasteiger partial charge is 0.286 e. The van der Waals surface area contributed by atoms with E-state index in [4.69, 9.17) is 0 Å². The molecule has 2 amide bonds. The van der Waals surface area contributed by atoms with E-state index in [2.05, 4.69) is 32.7 Å². The monoisotopic (exact) mass is 415 g/mol. The van der Waals surface area contributed by atoms with Crippen LogP contribution in [0.3, 0.4) is 0 Å². The topological polar surface area (TPSA) is 87.2 Å². The van der Waals surface area contributed by atoms with E-state index >= 15 is 0 Å². The van der Waals surface area contributed by atoms with Gasteiger partial charge in [0.2, 0.25) is 10.9 Å². The first kappa shape index (κ1) is 21.4. The number of hydrogen-bond acceptors (Lipinski definition) is 6. The molecule has 1 aliphatic rings. The standard InChI is InChI=1S/C21H29N5O2S/c1-15-6-8-17(9-7-15)23-20(28)21-25-24-19(29-21)11-10-18(27)22-12-14-26-13-4-3-5-16(26)2/h6-9,16H,3-5,10-14H2,1-2H3,(H,22,27)(H,23,28)/t16-/m1/s1. The predicted octanol–water partition coefficient (Wildman–Crippen LogP) is 3.02. The van der Waals surface area contributed by atoms with Gasteiger partial charge in [-0.25, -0.2) is 0 Å². The van der Waals surface area contributed by atoms with Crippen molar-refractivity contribution in [1.82, 2.24) is 20.4 Å². The highest BCUT2D eigenvalue weighted by Crippen LogP contribution is 2.16. The van der Waals surface area contributed by atoms with Crippen molar-refractivity contribution in [2.75, 3.05) is 25.0 Å². The lowest BCUT2D eigenvalue weighted by atomic mass is 10.0. The summed E-state index contributed by atoms with van der Waals surface area (Å²) in [5, 5.41) is 14.8. The molecule has 0 saturated carbocycles. The van der Waals surface area contributed by atoms with Gasteiger partial charge in [0.05, 0.1) is 0 Å². The van der Waals surface area contributed by atoms with E-state index < -0.39 is 0 Å². The average molecular weight is 416 g/mol. The van der Waals surface area contributed by atoms with Crippen LogP contribution >= 0.6 is 11.3 Å². The molecule has 0 bridgehead atoms. The SMILES string of the molecule is Cc1ccc(NC(=O)c2nnc(CCC(=O)NCCN3CCCC[C@H]3C)s2)cc1. The van der Waals surface area contributed by atoms with Crippen LogP contribution in [-0.4, -0.2) is 52.6 Å². The number of rotatable bonds is 8. The van der Waals surface area contributed by atoms with Gasteiger partial charge in [-0.2, -0.15) is 0 Å². The summed E-state index contributed by atoms with van der Waals surface area (Å²) in [4.78, 5) is 26.8. The molecule has 1 atom stereocenters. The number of carbonyl (C=O) groups excluding carboxylic acids is 2. The molecule has 2 heterocycles. The second-order valence-electron chi connectivity index (χ2n) is 7.55. The number of amides is 2. The van der Waals surface area contributed by atoms with Crippen molar-refractivity contribution in [2.24, 2.45) is 0 Å². The summed E-state index contributed by atoms with van der Waals surface area (Å²) < 4.78 is 0. The number of nitrogens with one attached hydrogen (secondary N) is 2. The molecular weight excluding hydrogens is 386 g/mol. The summed E-state index contributed by atoms with van der Waals surface area (Å²) in [5.41, 5.74) is 1.85. The van der Waals surface area contributed by atoms with Crippen molar-refractivity contribution in [3.05, 3.63) is 39.8 Å². The maximum Gasteiger partial charge on any atom is 0.286 e. The van der Waals surface area contributed by atoms with Gasteiger partial charge >= 0.3 is 0 Å². The first-order valence-electron chi connectivity index (χ1n) is 10.2. The zero-order valence-corrected chi connectivity index (χ0v) is 17.9. The van der Waals surface area contributed by atoms with Crippen LogP contribution in [0.5, 0.6) is 0 Å². The lowest BCUT2D eigenvalue weighted by Crippen LogP contribution is -2.42. The highest BCUT2D eigenvalue weighted by Gasteiger charge is 2.18. The molecule has 0 aliphatic carbocycles. The molecule has 0 radical (unpaired) electrons. The Labute approximate surface area is 175 Å². The third kappa shape index (κ3) is 6.61. The van der Waals surface area contributed by atoms with Gasteiger partial charge in [0, 0.05) is 37.7 Å². The van der Waals surface area contributed by atoms with Crippen LogP contribution in [0.25, 0.3) is 0 Å². The summed E-state index contributed by atoms with van der Waals surface area (Å²) in [5.74, 6) is -0.270. The number of likely N-dealkylation sites (tertiary alicyclic amines) is 1. The highest BCUT2D eigenvalue weighted by atomic mass is 32.1. The molecule has 1 aromatic heterocycles. The normalized spacial score (nSPS) is 17.1. The first-order valence-corrected chi connectivity index (χ1v) is 11.0. The fourth-order valence-corrected chi connectivity index (χ4v) is 4.14. The van der Waals surface area contributed by atoms with Crippen LogP contribution < -0.4 is 10.6 Å². The third-order valence-electron chi connectivity index (χ3n) is 5.20. The maximum atomic E-state index is 12.3. The average Bonchev–Trinajstić information content (AvgIpc) is 3.19. The Morgan fingerprint density at radius 3 is 2.76 bits per heavy atom. The molecule has 2 N–H and O–H groups in total. The van der Waals surface area contributed by atoms with Crippen molar-refractivity contribution in [3.63, 3.8) is 0 Å². The lowest BCUT2D eigenvalue weighted by Gasteiger charge is -2.33. The first-order chi connectivity index (χ1) is 14.0. The minimum Gasteiger partial charge on any atom is -0.355 e. The zero-order valence-electron chi connectivity index (χ0n) is 17.1. The number of benzene rings is 1. The second-order valence-corrected chi connectivity index (χ2v) is 8.61. The fourth-order valence-electron chi connectivity index (χ4n) is 3.41. The molecule has 1 aromatic carbocycles. The number of hydrogen-bond donors (Lipinski definition) is 2. The Morgan fingerprint density at radius 1 is 1.21 bits per heavy atom. The van der Waals surface area contributed by atoms with E-state index in [0.717, 1.165) is 24.3 Å². The highest BCUT2D eigenvalue weighted by molar-refractivity contribution is 7.13. The van der Waals surface area contributed by atoms with Crippen molar-refractivity contribution in [2.45, 2.75) is 52.0 Å². The van der Waals surface area contributed by atoms with E-state index in [1.807, 2.05) is 31.2 Å². The van der Waals surface area contributed by atoms with Crippen molar-refractivity contribution in [3.8, 4) is 0 Å². The molecule has 0 unspecified atom stereocenters. The molecule has 7 nitrogen and oxygen atoms in total. The summed E-state index contributed by atoms with van der Waals surface area (Å²) >= 11 is 1.23. The summed E-state index contributed by atoms with van der Waals surface area (Å²) in [6.45, 7) is 6.93. The van der Waals surface area contributed by atoms with E-state index in [0.29, 0.717) is 35.4 Å². The van der Waals surface area contributed by atoms with Gasteiger partial charge in [0.1, 0.15) is 5.01 Å². The number of aryl methyl sites for hydroxylation is 2. The van der Waals surface area contributed by atoms with Gasteiger partial charge < -0.3 is 10.6 Å². The Kier molecular flexibility index (Phi) is 7.71. The summed E-state index contributed by atoms with van der Waals surface area (Å²) in [6, 6.07) is 8.18. The quantitative estimate of drug-likeness (QED) is 0.692. The van der Waals surface area contributed by atoms with Crippen molar-refractivity contribution < 1.29 is 9.59 Å². The Bertz CT molecular complexity index is 821. The number of piperidine rings is 1. The number of carbonyl (C=O) groups is 2. The number of nitrogens with zero attached hydrogens (tertiary/aromatic N) is 3. The summed E-state index contributed by atoms with van der Waals surface area (Å²) in [7, 11) is 0. The van der Waals surface area contributed by atoms with Crippen LogP contribution in [-0.2, 0) is 11.2 Å². The molecule has 0 spiro atoms. The molecule has 8 heteroatoms. The van der Waals surface area contributed by atoms with Gasteiger partial charge in [-0.1, -0.05) is 35.5 Å². The van der Waals surface area contributed by atoms with Crippen LogP contribution in [0.2, 0.25) is 0 Å². The molecule has 1 fully saturated rings. The number of anilines is 1. The second kappa shape index (κ2) is 10.5. The minimum absolute atomic E-state index is 0.00974. The summed E-state index contributed by atoms with van der Waals surface area (Å²) in [6.07, 6.45) is 4.63. The van der Waals surface area contributed by atoms with Gasteiger partial charge in [-0.15, -0.1) is 10.2 Å². The minimum atomic E-state index is -0.280. The van der Waals surface area contributed by atoms with Crippen molar-refractivity contribution >= 4 is 28.8 Å². The lowest BCUT2D eigenvalue weighted by molar-refractivity contribution is -0.121. The van der Waals surface area contributed by atoms with Crippen LogP contribution in [0.4, 0.5) is 5.69 Å². The molecule has 3 rings (SSSR count). The Morgan fingerprint density at radius 2 is 2.00 bits per heavy atom. The Balaban J connectivity index is 1.38. The van der Waals surface area contributed by atoms with E-state index in [1.54, 1.807) is 0 Å². The fraction of sp³-hybridized carbons (Fsp3) is 0.524. The maximum absolute atomic E-state index is 12.3. The molecule has 29 heavy (non-hydrogen) atoms. The Hall–Kier alpha value is -2.32. The van der Waals surface area contributed by atoms with Gasteiger partial charge in [0.15, 0.2) is 0 Å². The van der Waals surface area contributed by atoms with Gasteiger partial charge in [0.25, 0.3) is 5.91 Å². The van der Waals surface area contributed by atoms with Crippen LogP contribution in [0.15, 0.2) is 24.3 Å². The largest absolute Gasteiger partial charge is 0.355 e. The molecular formula is C21H29N5O2S. The third-order valence-corrected chi connectivity index (χ3v) is 6.18. The molecule has 1 aliphatic heterocycles. The van der Waals surface area contributed by atoms with E-state index in [9.17, 15) is 9.59 Å². The van der Waals surface area contributed by atoms with Crippen molar-refractivity contribution in [1.29, 1.82) is 0 Å². The van der Waals surface area contributed by atoms with Crippen LogP contribution in [0.1, 0.15) is 53.0 Å². The number of aromatic nitrogens is 2. The van der Waals surface area contributed by atoms with Crippen LogP contribution in [0, 0.1) is 6.92 Å². The van der Waals surface area contributed by atoms with E-state index in [-0.39, 0.29) is 11.8 Å². The zero-order chi connectivity index (χ0) is 20.6. The predicted molar refractivity (Wildman–Crippen MR) is 115 cm³/mol. The molecule has 1 saturated heterocycles. The molecule has 156 valence electrons. The van der Waals surface area contributed by atoms with Gasteiger partial charge in [-0.3, -0.25) is 14.5 Å². The molecule has 2 aromatic rings. The van der Waals surface area contributed by atoms with E-state index in [1.165, 1.54) is 30.6 Å². The van der Waals surface area contributed by atoms with Gasteiger partial charge in [-0.05, 0) is 45.4 Å².